The molecule has 0 aliphatic rings. The minimum atomic E-state index is 0.482. The van der Waals surface area contributed by atoms with Crippen LogP contribution in [0, 0.1) is 0 Å². The molecule has 0 saturated carbocycles. The first-order valence-electron chi connectivity index (χ1n) is 5.47. The molecule has 0 spiro atoms. The van der Waals surface area contributed by atoms with E-state index in [9.17, 15) is 0 Å². The van der Waals surface area contributed by atoms with E-state index in [1.807, 2.05) is 30.3 Å². The van der Waals surface area contributed by atoms with Gasteiger partial charge in [0.2, 0.25) is 0 Å². The van der Waals surface area contributed by atoms with Gasteiger partial charge in [-0.15, -0.1) is 11.3 Å². The second-order valence-electron chi connectivity index (χ2n) is 3.68. The fourth-order valence-electron chi connectivity index (χ4n) is 1.54. The molecular formula is C13H14ClNO2S. The van der Waals surface area contributed by atoms with Crippen LogP contribution in [0.25, 0.3) is 0 Å². The van der Waals surface area contributed by atoms with Crippen molar-refractivity contribution in [3.8, 4) is 11.5 Å². The number of hydrogen-bond donors (Lipinski definition) is 1. The molecule has 2 rings (SSSR count). The molecule has 96 valence electrons. The predicted molar refractivity (Wildman–Crippen MR) is 74.5 cm³/mol. The monoisotopic (exact) mass is 283 g/mol. The van der Waals surface area contributed by atoms with Gasteiger partial charge in [0.15, 0.2) is 11.5 Å². The molecular weight excluding hydrogens is 270 g/mol. The van der Waals surface area contributed by atoms with Crippen molar-refractivity contribution < 1.29 is 9.47 Å². The van der Waals surface area contributed by atoms with Gasteiger partial charge in [0.05, 0.1) is 11.4 Å². The number of hydrogen-bond acceptors (Lipinski definition) is 4. The van der Waals surface area contributed by atoms with Crippen LogP contribution in [0.2, 0.25) is 4.34 Å². The van der Waals surface area contributed by atoms with E-state index in [1.54, 1.807) is 7.11 Å². The van der Waals surface area contributed by atoms with Crippen LogP contribution in [-0.4, -0.2) is 7.11 Å². The molecule has 1 heterocycles. The third-order valence-corrected chi connectivity index (χ3v) is 3.67. The Morgan fingerprint density at radius 1 is 1.22 bits per heavy atom. The van der Waals surface area contributed by atoms with Crippen molar-refractivity contribution >= 4 is 22.9 Å². The standard InChI is InChI=1S/C13H14ClNO2S/c1-16-12-6-9(7-15)2-4-11(12)17-8-10-3-5-13(14)18-10/h2-6H,7-8,15H2,1H3. The smallest absolute Gasteiger partial charge is 0.161 e. The van der Waals surface area contributed by atoms with Gasteiger partial charge in [-0.1, -0.05) is 17.7 Å². The summed E-state index contributed by atoms with van der Waals surface area (Å²) >= 11 is 7.37. The predicted octanol–water partition coefficient (Wildman–Crippen LogP) is 3.45. The van der Waals surface area contributed by atoms with Crippen LogP contribution in [-0.2, 0) is 13.2 Å². The first-order valence-corrected chi connectivity index (χ1v) is 6.66. The van der Waals surface area contributed by atoms with E-state index in [0.29, 0.717) is 24.7 Å². The molecule has 2 aromatic rings. The van der Waals surface area contributed by atoms with Crippen LogP contribution in [0.3, 0.4) is 0 Å². The van der Waals surface area contributed by atoms with Gasteiger partial charge in [0, 0.05) is 11.4 Å². The summed E-state index contributed by atoms with van der Waals surface area (Å²) in [6.45, 7) is 0.965. The molecule has 2 N–H and O–H groups in total. The summed E-state index contributed by atoms with van der Waals surface area (Å²) in [6, 6.07) is 9.50. The van der Waals surface area contributed by atoms with Crippen LogP contribution in [0.5, 0.6) is 11.5 Å². The maximum absolute atomic E-state index is 5.86. The number of rotatable bonds is 5. The van der Waals surface area contributed by atoms with Gasteiger partial charge in [-0.05, 0) is 29.8 Å². The van der Waals surface area contributed by atoms with Crippen LogP contribution in [0.4, 0.5) is 0 Å². The highest BCUT2D eigenvalue weighted by Crippen LogP contribution is 2.30. The Morgan fingerprint density at radius 3 is 2.67 bits per heavy atom. The number of methoxy groups -OCH3 is 1. The lowest BCUT2D eigenvalue weighted by Crippen LogP contribution is -1.99. The zero-order valence-electron chi connectivity index (χ0n) is 9.98. The van der Waals surface area contributed by atoms with Crippen molar-refractivity contribution in [1.29, 1.82) is 0 Å². The molecule has 0 atom stereocenters. The van der Waals surface area contributed by atoms with E-state index in [2.05, 4.69) is 0 Å². The maximum atomic E-state index is 5.86. The summed E-state index contributed by atoms with van der Waals surface area (Å²) < 4.78 is 11.8. The molecule has 1 aromatic carbocycles. The van der Waals surface area contributed by atoms with Crippen LogP contribution < -0.4 is 15.2 Å². The lowest BCUT2D eigenvalue weighted by molar-refractivity contribution is 0.287. The summed E-state index contributed by atoms with van der Waals surface area (Å²) in [5.41, 5.74) is 6.59. The minimum absolute atomic E-state index is 0.482. The Hall–Kier alpha value is -1.23. The largest absolute Gasteiger partial charge is 0.493 e. The van der Waals surface area contributed by atoms with Gasteiger partial charge in [0.25, 0.3) is 0 Å². The lowest BCUT2D eigenvalue weighted by atomic mass is 10.2. The van der Waals surface area contributed by atoms with Gasteiger partial charge >= 0.3 is 0 Å². The van der Waals surface area contributed by atoms with Crippen molar-refractivity contribution in [2.24, 2.45) is 5.73 Å². The van der Waals surface area contributed by atoms with E-state index < -0.39 is 0 Å². The van der Waals surface area contributed by atoms with Gasteiger partial charge in [0.1, 0.15) is 6.61 Å². The topological polar surface area (TPSA) is 44.5 Å². The Bertz CT molecular complexity index is 527. The average Bonchev–Trinajstić information content (AvgIpc) is 2.82. The zero-order chi connectivity index (χ0) is 13.0. The number of thiophene rings is 1. The number of nitrogens with two attached hydrogens (primary N) is 1. The molecule has 0 saturated heterocycles. The molecule has 0 aliphatic carbocycles. The highest BCUT2D eigenvalue weighted by Gasteiger charge is 2.06. The van der Waals surface area contributed by atoms with Gasteiger partial charge < -0.3 is 15.2 Å². The summed E-state index contributed by atoms with van der Waals surface area (Å²) in [5, 5.41) is 0. The maximum Gasteiger partial charge on any atom is 0.161 e. The molecule has 5 heteroatoms. The second kappa shape index (κ2) is 6.09. The van der Waals surface area contributed by atoms with Crippen LogP contribution >= 0.6 is 22.9 Å². The molecule has 3 nitrogen and oxygen atoms in total. The molecule has 1 aromatic heterocycles. The number of benzene rings is 1. The highest BCUT2D eigenvalue weighted by atomic mass is 35.5. The molecule has 18 heavy (non-hydrogen) atoms. The van der Waals surface area contributed by atoms with E-state index in [0.717, 1.165) is 14.8 Å². The van der Waals surface area contributed by atoms with E-state index in [-0.39, 0.29) is 0 Å². The van der Waals surface area contributed by atoms with Crippen molar-refractivity contribution in [3.05, 3.63) is 45.1 Å². The van der Waals surface area contributed by atoms with Crippen molar-refractivity contribution in [1.82, 2.24) is 0 Å². The quantitative estimate of drug-likeness (QED) is 0.914. The Kier molecular flexibility index (Phi) is 4.47. The SMILES string of the molecule is COc1cc(CN)ccc1OCc1ccc(Cl)s1. The second-order valence-corrected chi connectivity index (χ2v) is 5.48. The number of halogens is 1. The molecule has 0 aliphatic heterocycles. The Balaban J connectivity index is 2.08. The zero-order valence-corrected chi connectivity index (χ0v) is 11.6. The van der Waals surface area contributed by atoms with Crippen LogP contribution in [0.15, 0.2) is 30.3 Å². The normalized spacial score (nSPS) is 10.4. The first-order chi connectivity index (χ1) is 8.72. The molecule has 0 amide bonds. The van der Waals surface area contributed by atoms with Gasteiger partial charge in [-0.2, -0.15) is 0 Å². The molecule has 0 fully saturated rings. The fraction of sp³-hybridized carbons (Fsp3) is 0.231. The van der Waals surface area contributed by atoms with Gasteiger partial charge in [-0.25, -0.2) is 0 Å². The molecule has 0 bridgehead atoms. The van der Waals surface area contributed by atoms with Crippen molar-refractivity contribution in [3.63, 3.8) is 0 Å². The summed E-state index contributed by atoms with van der Waals surface area (Å²) in [5.74, 6) is 1.40. The highest BCUT2D eigenvalue weighted by molar-refractivity contribution is 7.16. The molecule has 0 radical (unpaired) electrons. The Labute approximate surface area is 115 Å². The van der Waals surface area contributed by atoms with Gasteiger partial charge in [-0.3, -0.25) is 0 Å². The first kappa shape index (κ1) is 13.2. The van der Waals surface area contributed by atoms with E-state index in [1.165, 1.54) is 11.3 Å². The third kappa shape index (κ3) is 3.16. The Morgan fingerprint density at radius 2 is 2.06 bits per heavy atom. The molecule has 0 unspecified atom stereocenters. The third-order valence-electron chi connectivity index (χ3n) is 2.46. The van der Waals surface area contributed by atoms with E-state index >= 15 is 0 Å². The lowest BCUT2D eigenvalue weighted by Gasteiger charge is -2.11. The summed E-state index contributed by atoms with van der Waals surface area (Å²) in [7, 11) is 1.62. The van der Waals surface area contributed by atoms with E-state index in [4.69, 9.17) is 26.8 Å². The summed E-state index contributed by atoms with van der Waals surface area (Å²) in [4.78, 5) is 1.07. The van der Waals surface area contributed by atoms with Crippen LogP contribution in [0.1, 0.15) is 10.4 Å². The van der Waals surface area contributed by atoms with Crippen molar-refractivity contribution in [2.75, 3.05) is 7.11 Å². The minimum Gasteiger partial charge on any atom is -0.493 e. The average molecular weight is 284 g/mol. The fourth-order valence-corrected chi connectivity index (χ4v) is 2.54. The number of ether oxygens (including phenoxy) is 2. The summed E-state index contributed by atoms with van der Waals surface area (Å²) in [6.07, 6.45) is 0. The van der Waals surface area contributed by atoms with Crippen molar-refractivity contribution in [2.45, 2.75) is 13.2 Å².